The Kier molecular flexibility index (Phi) is 4.35. The van der Waals surface area contributed by atoms with E-state index in [1.165, 1.54) is 4.90 Å². The molecule has 0 aliphatic carbocycles. The molecule has 2 rings (SSSR count). The maximum Gasteiger partial charge on any atom is 0.416 e. The summed E-state index contributed by atoms with van der Waals surface area (Å²) in [6.45, 7) is 8.33. The Labute approximate surface area is 126 Å². The van der Waals surface area contributed by atoms with Gasteiger partial charge in [0, 0.05) is 6.42 Å². The van der Waals surface area contributed by atoms with Crippen molar-refractivity contribution in [1.29, 1.82) is 0 Å². The van der Waals surface area contributed by atoms with Gasteiger partial charge >= 0.3 is 6.09 Å². The normalized spacial score (nSPS) is 20.3. The summed E-state index contributed by atoms with van der Waals surface area (Å²) < 4.78 is 5.08. The number of cyclic esters (lactones) is 1. The summed E-state index contributed by atoms with van der Waals surface area (Å²) in [5.74, 6) is -0.0819. The van der Waals surface area contributed by atoms with Crippen molar-refractivity contribution in [2.75, 3.05) is 6.61 Å². The fraction of sp³-hybridized carbons (Fsp3) is 0.529. The second-order valence-electron chi connectivity index (χ2n) is 6.74. The average Bonchev–Trinajstić information content (AvgIpc) is 2.81. The Bertz CT molecular complexity index is 519. The van der Waals surface area contributed by atoms with E-state index in [9.17, 15) is 9.59 Å². The quantitative estimate of drug-likeness (QED) is 0.854. The molecule has 1 aliphatic heterocycles. The molecule has 0 spiro atoms. The molecule has 1 saturated heterocycles. The van der Waals surface area contributed by atoms with Gasteiger partial charge in [-0.3, -0.25) is 4.79 Å². The number of nitrogens with zero attached hydrogens (tertiary/aromatic N) is 1. The molecule has 0 N–H and O–H groups in total. The molecule has 0 aromatic heterocycles. The van der Waals surface area contributed by atoms with E-state index in [0.29, 0.717) is 6.42 Å². The first kappa shape index (κ1) is 15.5. The predicted molar refractivity (Wildman–Crippen MR) is 80.9 cm³/mol. The molecule has 4 heteroatoms. The van der Waals surface area contributed by atoms with Crippen LogP contribution in [0.3, 0.4) is 0 Å². The third-order valence-corrected chi connectivity index (χ3v) is 3.99. The number of amides is 2. The first-order valence-electron chi connectivity index (χ1n) is 7.34. The summed E-state index contributed by atoms with van der Waals surface area (Å²) in [6.07, 6.45) is -0.203. The molecule has 0 radical (unpaired) electrons. The van der Waals surface area contributed by atoms with Crippen LogP contribution in [0.1, 0.15) is 45.6 Å². The second-order valence-corrected chi connectivity index (χ2v) is 6.74. The highest BCUT2D eigenvalue weighted by atomic mass is 16.6. The molecule has 114 valence electrons. The second kappa shape index (κ2) is 5.88. The van der Waals surface area contributed by atoms with Crippen LogP contribution < -0.4 is 0 Å². The highest BCUT2D eigenvalue weighted by Gasteiger charge is 2.44. The minimum Gasteiger partial charge on any atom is -0.447 e. The van der Waals surface area contributed by atoms with Gasteiger partial charge in [0.05, 0.1) is 6.04 Å². The molecule has 1 fully saturated rings. The van der Waals surface area contributed by atoms with Gasteiger partial charge in [0.15, 0.2) is 0 Å². The van der Waals surface area contributed by atoms with E-state index in [0.717, 1.165) is 5.56 Å². The average molecular weight is 289 g/mol. The van der Waals surface area contributed by atoms with Crippen molar-refractivity contribution in [1.82, 2.24) is 4.90 Å². The topological polar surface area (TPSA) is 46.6 Å². The van der Waals surface area contributed by atoms with Crippen LogP contribution >= 0.6 is 0 Å². The van der Waals surface area contributed by atoms with Crippen molar-refractivity contribution in [3.8, 4) is 0 Å². The minimum atomic E-state index is -0.514. The summed E-state index contributed by atoms with van der Waals surface area (Å²) in [5.41, 5.74) is 0.920. The molecule has 4 nitrogen and oxygen atoms in total. The van der Waals surface area contributed by atoms with Gasteiger partial charge in [-0.1, -0.05) is 58.0 Å². The Hall–Kier alpha value is -1.84. The zero-order valence-electron chi connectivity index (χ0n) is 13.1. The van der Waals surface area contributed by atoms with Crippen LogP contribution in [0.4, 0.5) is 4.79 Å². The fourth-order valence-corrected chi connectivity index (χ4v) is 2.59. The lowest BCUT2D eigenvalue weighted by atomic mass is 9.86. The van der Waals surface area contributed by atoms with Gasteiger partial charge in [-0.2, -0.15) is 0 Å². The van der Waals surface area contributed by atoms with Crippen LogP contribution in [0, 0.1) is 5.41 Å². The molecule has 2 atom stereocenters. The Morgan fingerprint density at radius 2 is 1.95 bits per heavy atom. The number of ether oxygens (including phenoxy) is 1. The highest BCUT2D eigenvalue weighted by molar-refractivity contribution is 5.94. The first-order valence-corrected chi connectivity index (χ1v) is 7.34. The SMILES string of the molecule is C[C@H](CC(=O)N1C(=O)OC[C@@H]1C(C)(C)C)c1ccccc1. The number of rotatable bonds is 3. The van der Waals surface area contributed by atoms with Crippen molar-refractivity contribution in [2.45, 2.75) is 46.1 Å². The minimum absolute atomic E-state index is 0.0766. The molecule has 1 aliphatic rings. The summed E-state index contributed by atoms with van der Waals surface area (Å²) in [7, 11) is 0. The number of hydrogen-bond acceptors (Lipinski definition) is 3. The molecule has 1 aromatic rings. The Balaban J connectivity index is 2.10. The number of carbonyl (C=O) groups excluding carboxylic acids is 2. The molecular weight excluding hydrogens is 266 g/mol. The number of hydrogen-bond donors (Lipinski definition) is 0. The van der Waals surface area contributed by atoms with Gasteiger partial charge < -0.3 is 4.74 Å². The number of carbonyl (C=O) groups is 2. The zero-order chi connectivity index (χ0) is 15.6. The zero-order valence-corrected chi connectivity index (χ0v) is 13.1. The lowest BCUT2D eigenvalue weighted by molar-refractivity contribution is -0.131. The summed E-state index contributed by atoms with van der Waals surface area (Å²) in [5, 5.41) is 0. The van der Waals surface area contributed by atoms with E-state index >= 15 is 0 Å². The van der Waals surface area contributed by atoms with Crippen LogP contribution in [0.5, 0.6) is 0 Å². The molecular formula is C17H23NO3. The summed E-state index contributed by atoms with van der Waals surface area (Å²) in [4.78, 5) is 25.7. The standard InChI is InChI=1S/C17H23NO3/c1-12(13-8-6-5-7-9-13)10-15(19)18-14(17(2,3)4)11-21-16(18)20/h5-9,12,14H,10-11H2,1-4H3/t12-,14-/m1/s1. The van der Waals surface area contributed by atoms with Gasteiger partial charge in [-0.15, -0.1) is 0 Å². The van der Waals surface area contributed by atoms with E-state index in [4.69, 9.17) is 4.74 Å². The summed E-state index contributed by atoms with van der Waals surface area (Å²) in [6, 6.07) is 9.67. The van der Waals surface area contributed by atoms with E-state index in [1.807, 2.05) is 58.0 Å². The molecule has 1 aromatic carbocycles. The van der Waals surface area contributed by atoms with Crippen molar-refractivity contribution >= 4 is 12.0 Å². The maximum absolute atomic E-state index is 12.5. The van der Waals surface area contributed by atoms with Crippen LogP contribution in [0.15, 0.2) is 30.3 Å². The number of imide groups is 1. The highest BCUT2D eigenvalue weighted by Crippen LogP contribution is 2.31. The summed E-state index contributed by atoms with van der Waals surface area (Å²) >= 11 is 0. The van der Waals surface area contributed by atoms with Crippen molar-refractivity contribution in [2.24, 2.45) is 5.41 Å². The van der Waals surface area contributed by atoms with Crippen LogP contribution in [0.2, 0.25) is 0 Å². The molecule has 21 heavy (non-hydrogen) atoms. The molecule has 0 bridgehead atoms. The Morgan fingerprint density at radius 1 is 1.33 bits per heavy atom. The monoisotopic (exact) mass is 289 g/mol. The van der Waals surface area contributed by atoms with Crippen molar-refractivity contribution in [3.05, 3.63) is 35.9 Å². The first-order chi connectivity index (χ1) is 9.80. The van der Waals surface area contributed by atoms with E-state index < -0.39 is 6.09 Å². The van der Waals surface area contributed by atoms with Gasteiger partial charge in [-0.05, 0) is 16.9 Å². The van der Waals surface area contributed by atoms with E-state index in [2.05, 4.69) is 0 Å². The van der Waals surface area contributed by atoms with Crippen LogP contribution in [0.25, 0.3) is 0 Å². The smallest absolute Gasteiger partial charge is 0.416 e. The van der Waals surface area contributed by atoms with E-state index in [1.54, 1.807) is 0 Å². The predicted octanol–water partition coefficient (Wildman–Crippen LogP) is 3.57. The molecule has 2 amide bonds. The maximum atomic E-state index is 12.5. The Morgan fingerprint density at radius 3 is 2.52 bits per heavy atom. The molecule has 1 heterocycles. The van der Waals surface area contributed by atoms with Gasteiger partial charge in [-0.25, -0.2) is 9.69 Å². The largest absolute Gasteiger partial charge is 0.447 e. The molecule has 0 unspecified atom stereocenters. The van der Waals surface area contributed by atoms with Gasteiger partial charge in [0.1, 0.15) is 6.61 Å². The van der Waals surface area contributed by atoms with Crippen LogP contribution in [-0.4, -0.2) is 29.5 Å². The lowest BCUT2D eigenvalue weighted by Gasteiger charge is -2.31. The van der Waals surface area contributed by atoms with Crippen LogP contribution in [-0.2, 0) is 9.53 Å². The van der Waals surface area contributed by atoms with Crippen molar-refractivity contribution < 1.29 is 14.3 Å². The molecule has 0 saturated carbocycles. The fourth-order valence-electron chi connectivity index (χ4n) is 2.59. The number of benzene rings is 1. The lowest BCUT2D eigenvalue weighted by Crippen LogP contribution is -2.46. The van der Waals surface area contributed by atoms with E-state index in [-0.39, 0.29) is 29.9 Å². The van der Waals surface area contributed by atoms with Crippen molar-refractivity contribution in [3.63, 3.8) is 0 Å². The van der Waals surface area contributed by atoms with Gasteiger partial charge in [0.25, 0.3) is 0 Å². The van der Waals surface area contributed by atoms with Gasteiger partial charge in [0.2, 0.25) is 5.91 Å². The third kappa shape index (κ3) is 3.43. The third-order valence-electron chi connectivity index (χ3n) is 3.99.